The van der Waals surface area contributed by atoms with E-state index in [1.807, 2.05) is 99.6 Å². The average Bonchev–Trinajstić information content (AvgIpc) is 3.63. The Bertz CT molecular complexity index is 1510. The summed E-state index contributed by atoms with van der Waals surface area (Å²) in [5.74, 6) is -2.58. The summed E-state index contributed by atoms with van der Waals surface area (Å²) in [6.07, 6.45) is 1.57. The van der Waals surface area contributed by atoms with E-state index in [0.29, 0.717) is 37.1 Å². The lowest BCUT2D eigenvalue weighted by molar-refractivity contribution is -0.149. The van der Waals surface area contributed by atoms with Crippen molar-refractivity contribution in [2.75, 3.05) is 11.9 Å². The monoisotopic (exact) mass is 581 g/mol. The van der Waals surface area contributed by atoms with Crippen LogP contribution in [0, 0.1) is 25.7 Å². The fourth-order valence-corrected chi connectivity index (χ4v) is 7.82. The summed E-state index contributed by atoms with van der Waals surface area (Å²) in [5, 5.41) is 16.9. The number of nitrogens with one attached hydrogen (secondary N) is 2. The highest BCUT2D eigenvalue weighted by atomic mass is 16.5. The maximum Gasteiger partial charge on any atom is 0.250 e. The number of nitrogens with zero attached hydrogens (tertiary/aromatic N) is 1. The van der Waals surface area contributed by atoms with Crippen molar-refractivity contribution in [3.05, 3.63) is 101 Å². The maximum absolute atomic E-state index is 14.7. The number of ether oxygens (including phenoxy) is 1. The number of carbonyl (C=O) groups is 3. The lowest BCUT2D eigenvalue weighted by Gasteiger charge is -2.37. The van der Waals surface area contributed by atoms with Crippen LogP contribution in [-0.4, -0.2) is 51.6 Å². The summed E-state index contributed by atoms with van der Waals surface area (Å²) in [6.45, 7) is 5.78. The van der Waals surface area contributed by atoms with E-state index in [-0.39, 0.29) is 24.3 Å². The minimum absolute atomic E-state index is 0.248. The zero-order chi connectivity index (χ0) is 30.4. The van der Waals surface area contributed by atoms with Crippen LogP contribution >= 0.6 is 0 Å². The Labute approximate surface area is 252 Å². The summed E-state index contributed by atoms with van der Waals surface area (Å²) in [6, 6.07) is 22.9. The van der Waals surface area contributed by atoms with Crippen molar-refractivity contribution in [2.45, 2.75) is 69.9 Å². The Morgan fingerprint density at radius 1 is 0.953 bits per heavy atom. The smallest absolute Gasteiger partial charge is 0.250 e. The topological polar surface area (TPSA) is 108 Å². The van der Waals surface area contributed by atoms with Crippen LogP contribution in [0.15, 0.2) is 78.9 Å². The van der Waals surface area contributed by atoms with Crippen molar-refractivity contribution in [1.82, 2.24) is 10.2 Å². The molecule has 3 heterocycles. The Morgan fingerprint density at radius 3 is 2.23 bits per heavy atom. The lowest BCUT2D eigenvalue weighted by Crippen LogP contribution is -2.54. The highest BCUT2D eigenvalue weighted by Gasteiger charge is 2.79. The van der Waals surface area contributed by atoms with Gasteiger partial charge in [0.15, 0.2) is 0 Å². The predicted molar refractivity (Wildman–Crippen MR) is 163 cm³/mol. The van der Waals surface area contributed by atoms with Crippen molar-refractivity contribution in [3.8, 4) is 0 Å². The second kappa shape index (κ2) is 11.2. The normalized spacial score (nSPS) is 28.0. The highest BCUT2D eigenvalue weighted by molar-refractivity contribution is 6.04. The van der Waals surface area contributed by atoms with E-state index in [1.165, 1.54) is 4.90 Å². The molecule has 3 aromatic rings. The van der Waals surface area contributed by atoms with Gasteiger partial charge in [0.2, 0.25) is 17.7 Å². The molecule has 224 valence electrons. The molecule has 3 amide bonds. The summed E-state index contributed by atoms with van der Waals surface area (Å²) in [7, 11) is 0. The molecular formula is C35H39N3O5. The number of benzene rings is 3. The van der Waals surface area contributed by atoms with E-state index in [1.54, 1.807) is 0 Å². The fourth-order valence-electron chi connectivity index (χ4n) is 7.82. The van der Waals surface area contributed by atoms with Gasteiger partial charge in [-0.15, -0.1) is 0 Å². The second-order valence-electron chi connectivity index (χ2n) is 12.1. The number of fused-ring (bicyclic) bond motifs is 1. The average molecular weight is 582 g/mol. The Hall–Kier alpha value is -4.01. The van der Waals surface area contributed by atoms with Gasteiger partial charge in [0.1, 0.15) is 11.6 Å². The predicted octanol–water partition coefficient (Wildman–Crippen LogP) is 4.45. The van der Waals surface area contributed by atoms with Crippen molar-refractivity contribution in [1.29, 1.82) is 0 Å². The summed E-state index contributed by atoms with van der Waals surface area (Å²) in [4.78, 5) is 44.7. The van der Waals surface area contributed by atoms with E-state index in [0.717, 1.165) is 16.7 Å². The number of aliphatic hydroxyl groups excluding tert-OH is 1. The first-order valence-electron chi connectivity index (χ1n) is 15.1. The standard InChI is InChI=1S/C35H39N3O5/c1-4-34-18-19-35(43-34)28(27(34)31(40)36-20-24-14-7-5-8-15-24)33(42)38(26(21-39)25-16-9-6-10-17-25)30(35)32(41)37-29-22(2)12-11-13-23(29)3/h5-17,26-28,30,39H,4,18-21H2,1-3H3,(H,36,40)(H,37,41)/t26-,27+,28+,30?,34-,35?/m1/s1. The first-order valence-corrected chi connectivity index (χ1v) is 15.1. The molecule has 3 N–H and O–H groups in total. The SMILES string of the molecule is CC[C@]12CCC3(O1)C(C(=O)Nc1c(C)cccc1C)N([C@H](CO)c1ccccc1)C(=O)[C@@H]3[C@H]2C(=O)NCc1ccccc1. The van der Waals surface area contributed by atoms with Crippen molar-refractivity contribution < 1.29 is 24.2 Å². The van der Waals surface area contributed by atoms with Gasteiger partial charge in [-0.1, -0.05) is 85.8 Å². The van der Waals surface area contributed by atoms with Gasteiger partial charge >= 0.3 is 0 Å². The van der Waals surface area contributed by atoms with Crippen LogP contribution in [-0.2, 0) is 25.7 Å². The quantitative estimate of drug-likeness (QED) is 0.346. The van der Waals surface area contributed by atoms with E-state index < -0.39 is 35.1 Å². The van der Waals surface area contributed by atoms with Crippen molar-refractivity contribution in [3.63, 3.8) is 0 Å². The number of carbonyl (C=O) groups excluding carboxylic acids is 3. The van der Waals surface area contributed by atoms with Crippen LogP contribution < -0.4 is 10.6 Å². The zero-order valence-electron chi connectivity index (χ0n) is 24.9. The number of rotatable bonds is 9. The minimum Gasteiger partial charge on any atom is -0.394 e. The van der Waals surface area contributed by atoms with E-state index >= 15 is 0 Å². The molecule has 3 aliphatic heterocycles. The van der Waals surface area contributed by atoms with Gasteiger partial charge in [0.05, 0.1) is 30.1 Å². The molecule has 0 aromatic heterocycles. The van der Waals surface area contributed by atoms with Gasteiger partial charge in [-0.3, -0.25) is 14.4 Å². The molecule has 3 fully saturated rings. The summed E-state index contributed by atoms with van der Waals surface area (Å²) < 4.78 is 6.90. The summed E-state index contributed by atoms with van der Waals surface area (Å²) in [5.41, 5.74) is 2.10. The van der Waals surface area contributed by atoms with Gasteiger partial charge in [0.25, 0.3) is 0 Å². The second-order valence-corrected chi connectivity index (χ2v) is 12.1. The molecule has 8 nitrogen and oxygen atoms in total. The molecule has 43 heavy (non-hydrogen) atoms. The van der Waals surface area contributed by atoms with Crippen molar-refractivity contribution >= 4 is 23.4 Å². The molecule has 2 unspecified atom stereocenters. The number of para-hydroxylation sites is 1. The number of likely N-dealkylation sites (tertiary alicyclic amines) is 1. The van der Waals surface area contributed by atoms with Crippen LogP contribution in [0.1, 0.15) is 54.5 Å². The Balaban J connectivity index is 1.42. The third kappa shape index (κ3) is 4.64. The highest BCUT2D eigenvalue weighted by Crippen LogP contribution is 2.65. The third-order valence-corrected chi connectivity index (χ3v) is 9.88. The molecule has 3 saturated heterocycles. The van der Waals surface area contributed by atoms with Crippen LogP contribution in [0.4, 0.5) is 5.69 Å². The van der Waals surface area contributed by atoms with Gasteiger partial charge in [-0.2, -0.15) is 0 Å². The lowest BCUT2D eigenvalue weighted by atomic mass is 9.65. The Kier molecular flexibility index (Phi) is 7.60. The van der Waals surface area contributed by atoms with Crippen LogP contribution in [0.5, 0.6) is 0 Å². The number of hydrogen-bond acceptors (Lipinski definition) is 5. The number of anilines is 1. The maximum atomic E-state index is 14.7. The van der Waals surface area contributed by atoms with E-state index in [2.05, 4.69) is 10.6 Å². The molecular weight excluding hydrogens is 542 g/mol. The summed E-state index contributed by atoms with van der Waals surface area (Å²) >= 11 is 0. The van der Waals surface area contributed by atoms with Gasteiger partial charge < -0.3 is 25.4 Å². The molecule has 6 atom stereocenters. The number of aryl methyl sites for hydroxylation is 2. The fraction of sp³-hybridized carbons (Fsp3) is 0.400. The Morgan fingerprint density at radius 2 is 1.60 bits per heavy atom. The van der Waals surface area contributed by atoms with Crippen LogP contribution in [0.25, 0.3) is 0 Å². The van der Waals surface area contributed by atoms with Gasteiger partial charge in [0, 0.05) is 12.2 Å². The van der Waals surface area contributed by atoms with Crippen molar-refractivity contribution in [2.24, 2.45) is 11.8 Å². The molecule has 2 bridgehead atoms. The van der Waals surface area contributed by atoms with E-state index in [4.69, 9.17) is 4.74 Å². The molecule has 0 aliphatic carbocycles. The molecule has 0 saturated carbocycles. The largest absolute Gasteiger partial charge is 0.394 e. The molecule has 3 aliphatic rings. The first-order chi connectivity index (χ1) is 20.8. The number of amides is 3. The molecule has 0 radical (unpaired) electrons. The van der Waals surface area contributed by atoms with Crippen LogP contribution in [0.3, 0.4) is 0 Å². The first kappa shape index (κ1) is 29.1. The molecule has 1 spiro atoms. The number of aliphatic hydroxyl groups is 1. The molecule has 3 aromatic carbocycles. The molecule has 6 rings (SSSR count). The van der Waals surface area contributed by atoms with E-state index in [9.17, 15) is 19.5 Å². The molecule has 8 heteroatoms. The van der Waals surface area contributed by atoms with Crippen LogP contribution in [0.2, 0.25) is 0 Å². The van der Waals surface area contributed by atoms with Gasteiger partial charge in [-0.05, 0) is 55.4 Å². The van der Waals surface area contributed by atoms with Gasteiger partial charge in [-0.25, -0.2) is 0 Å². The minimum atomic E-state index is -1.20. The number of hydrogen-bond donors (Lipinski definition) is 3. The third-order valence-electron chi connectivity index (χ3n) is 9.88. The zero-order valence-corrected chi connectivity index (χ0v) is 24.9.